The Morgan fingerprint density at radius 3 is 3.00 bits per heavy atom. The third-order valence-corrected chi connectivity index (χ3v) is 5.86. The summed E-state index contributed by atoms with van der Waals surface area (Å²) in [7, 11) is 0. The van der Waals surface area contributed by atoms with Crippen LogP contribution in [0.2, 0.25) is 5.02 Å². The molecule has 1 fully saturated rings. The number of hydrogen-bond acceptors (Lipinski definition) is 5. The minimum Gasteiger partial charge on any atom is -0.347 e. The van der Waals surface area contributed by atoms with Gasteiger partial charge in [-0.15, -0.1) is 11.3 Å². The number of nitrogens with zero attached hydrogens (tertiary/aromatic N) is 3. The molecule has 4 rings (SSSR count). The van der Waals surface area contributed by atoms with Crippen molar-refractivity contribution in [3.8, 4) is 0 Å². The summed E-state index contributed by atoms with van der Waals surface area (Å²) in [5.74, 6) is -0.00464. The van der Waals surface area contributed by atoms with Crippen LogP contribution in [0.15, 0.2) is 36.7 Å². The van der Waals surface area contributed by atoms with Crippen molar-refractivity contribution >= 4 is 39.1 Å². The normalized spacial score (nSPS) is 16.8. The van der Waals surface area contributed by atoms with Crippen molar-refractivity contribution < 1.29 is 4.79 Å². The molecule has 1 aliphatic rings. The molecule has 1 aromatic carbocycles. The summed E-state index contributed by atoms with van der Waals surface area (Å²) in [5, 5.41) is 12.2. The molecule has 130 valence electrons. The molecule has 0 unspecified atom stereocenters. The van der Waals surface area contributed by atoms with E-state index in [1.54, 1.807) is 22.2 Å². The fraction of sp³-hybridized carbons (Fsp3) is 0.353. The molecule has 2 aromatic heterocycles. The van der Waals surface area contributed by atoms with Crippen molar-refractivity contribution in [1.29, 1.82) is 0 Å². The van der Waals surface area contributed by atoms with Crippen LogP contribution in [0.1, 0.15) is 17.8 Å². The second-order valence-corrected chi connectivity index (χ2v) is 7.69. The highest BCUT2D eigenvalue weighted by atomic mass is 35.5. The Morgan fingerprint density at radius 1 is 1.40 bits per heavy atom. The lowest BCUT2D eigenvalue weighted by atomic mass is 9.87. The average Bonchev–Trinajstić information content (AvgIpc) is 3.29. The Labute approximate surface area is 154 Å². The van der Waals surface area contributed by atoms with Gasteiger partial charge in [-0.2, -0.15) is 5.10 Å². The number of hydrogen-bond donors (Lipinski definition) is 2. The summed E-state index contributed by atoms with van der Waals surface area (Å²) in [5.41, 5.74) is 0.236. The van der Waals surface area contributed by atoms with Gasteiger partial charge in [0.1, 0.15) is 10.5 Å². The Hall–Kier alpha value is -1.96. The number of benzene rings is 1. The van der Waals surface area contributed by atoms with Crippen LogP contribution in [-0.2, 0) is 16.9 Å². The molecule has 6 nitrogen and oxygen atoms in total. The Kier molecular flexibility index (Phi) is 4.45. The minimum atomic E-state index is -0.630. The van der Waals surface area contributed by atoms with Gasteiger partial charge in [-0.25, -0.2) is 4.98 Å². The number of fused-ring (bicyclic) bond motifs is 1. The lowest BCUT2D eigenvalue weighted by molar-refractivity contribution is -0.132. The maximum Gasteiger partial charge on any atom is 0.248 e. The molecule has 1 amide bonds. The molecule has 0 radical (unpaired) electrons. The maximum absolute atomic E-state index is 13.0. The number of halogens is 1. The van der Waals surface area contributed by atoms with Gasteiger partial charge in [0.2, 0.25) is 5.91 Å². The highest BCUT2D eigenvalue weighted by Crippen LogP contribution is 2.28. The number of carbonyl (C=O) groups is 1. The lowest BCUT2D eigenvalue weighted by Gasteiger charge is -2.36. The highest BCUT2D eigenvalue weighted by molar-refractivity contribution is 7.18. The van der Waals surface area contributed by atoms with Crippen LogP contribution in [-0.4, -0.2) is 33.8 Å². The summed E-state index contributed by atoms with van der Waals surface area (Å²) < 4.78 is 2.86. The Bertz CT molecular complexity index is 886. The molecule has 0 aliphatic carbocycles. The minimum absolute atomic E-state index is 0.00464. The first-order valence-electron chi connectivity index (χ1n) is 8.21. The average molecular weight is 376 g/mol. The van der Waals surface area contributed by atoms with E-state index < -0.39 is 5.54 Å². The van der Waals surface area contributed by atoms with Crippen molar-refractivity contribution in [3.63, 3.8) is 0 Å². The van der Waals surface area contributed by atoms with Gasteiger partial charge in [-0.1, -0.05) is 11.6 Å². The van der Waals surface area contributed by atoms with E-state index in [4.69, 9.17) is 11.6 Å². The van der Waals surface area contributed by atoms with E-state index in [0.717, 1.165) is 41.2 Å². The zero-order valence-corrected chi connectivity index (χ0v) is 15.1. The highest BCUT2D eigenvalue weighted by Gasteiger charge is 2.41. The number of rotatable bonds is 4. The smallest absolute Gasteiger partial charge is 0.248 e. The van der Waals surface area contributed by atoms with Crippen molar-refractivity contribution in [2.24, 2.45) is 0 Å². The van der Waals surface area contributed by atoms with Gasteiger partial charge in [0.25, 0.3) is 0 Å². The van der Waals surface area contributed by atoms with Crippen molar-refractivity contribution in [2.45, 2.75) is 24.9 Å². The first-order chi connectivity index (χ1) is 12.2. The third kappa shape index (κ3) is 3.15. The summed E-state index contributed by atoms with van der Waals surface area (Å²) >= 11 is 7.58. The lowest BCUT2D eigenvalue weighted by Crippen LogP contribution is -2.54. The Morgan fingerprint density at radius 2 is 2.24 bits per heavy atom. The number of amides is 1. The van der Waals surface area contributed by atoms with Gasteiger partial charge in [-0.05, 0) is 50.2 Å². The second kappa shape index (κ2) is 6.74. The molecule has 3 heterocycles. The van der Waals surface area contributed by atoms with E-state index in [1.165, 1.54) is 0 Å². The van der Waals surface area contributed by atoms with Gasteiger partial charge in [0.05, 0.1) is 16.8 Å². The fourth-order valence-electron chi connectivity index (χ4n) is 3.27. The topological polar surface area (TPSA) is 71.8 Å². The van der Waals surface area contributed by atoms with Crippen LogP contribution in [0.25, 0.3) is 10.2 Å². The van der Waals surface area contributed by atoms with E-state index in [2.05, 4.69) is 20.7 Å². The fourth-order valence-corrected chi connectivity index (χ4v) is 4.32. The maximum atomic E-state index is 13.0. The van der Waals surface area contributed by atoms with Gasteiger partial charge in [0, 0.05) is 17.4 Å². The van der Waals surface area contributed by atoms with Crippen molar-refractivity contribution in [1.82, 2.24) is 25.4 Å². The molecule has 0 atom stereocenters. The number of piperidine rings is 1. The molecule has 8 heteroatoms. The van der Waals surface area contributed by atoms with Gasteiger partial charge in [0.15, 0.2) is 0 Å². The quantitative estimate of drug-likeness (QED) is 0.735. The van der Waals surface area contributed by atoms with Gasteiger partial charge < -0.3 is 10.6 Å². The Balaban J connectivity index is 1.53. The van der Waals surface area contributed by atoms with Crippen LogP contribution < -0.4 is 10.6 Å². The van der Waals surface area contributed by atoms with E-state index in [-0.39, 0.29) is 5.91 Å². The van der Waals surface area contributed by atoms with Gasteiger partial charge in [-0.3, -0.25) is 9.48 Å². The summed E-state index contributed by atoms with van der Waals surface area (Å²) in [6.07, 6.45) is 5.02. The number of nitrogens with one attached hydrogen (secondary N) is 2. The van der Waals surface area contributed by atoms with Crippen molar-refractivity contribution in [2.75, 3.05) is 13.1 Å². The van der Waals surface area contributed by atoms with Crippen LogP contribution >= 0.6 is 22.9 Å². The molecule has 3 aromatic rings. The molecule has 1 aliphatic heterocycles. The molecule has 0 bridgehead atoms. The summed E-state index contributed by atoms with van der Waals surface area (Å²) in [6, 6.07) is 7.51. The van der Waals surface area contributed by atoms with Crippen LogP contribution in [0.3, 0.4) is 0 Å². The molecule has 25 heavy (non-hydrogen) atoms. The van der Waals surface area contributed by atoms with E-state index in [9.17, 15) is 4.79 Å². The monoisotopic (exact) mass is 375 g/mol. The van der Waals surface area contributed by atoms with Crippen LogP contribution in [0.5, 0.6) is 0 Å². The summed E-state index contributed by atoms with van der Waals surface area (Å²) in [6.45, 7) is 2.01. The van der Waals surface area contributed by atoms with Gasteiger partial charge >= 0.3 is 0 Å². The molecular formula is C17H18ClN5OS. The standard InChI is InChI=1S/C17H18ClN5OS/c18-12-2-3-14-13(10-12)22-15(25-14)11-20-16(24)17(4-7-19-8-5-17)23-9-1-6-21-23/h1-3,6,9-10,19H,4-5,7-8,11H2,(H,20,24). The number of thiazole rings is 1. The zero-order chi connectivity index (χ0) is 17.3. The molecular weight excluding hydrogens is 358 g/mol. The predicted molar refractivity (Wildman–Crippen MR) is 98.8 cm³/mol. The zero-order valence-electron chi connectivity index (χ0n) is 13.5. The second-order valence-electron chi connectivity index (χ2n) is 6.13. The molecule has 1 saturated heterocycles. The van der Waals surface area contributed by atoms with Crippen LogP contribution in [0.4, 0.5) is 0 Å². The van der Waals surface area contributed by atoms with Crippen LogP contribution in [0, 0.1) is 0 Å². The summed E-state index contributed by atoms with van der Waals surface area (Å²) in [4.78, 5) is 17.6. The SMILES string of the molecule is O=C(NCc1nc2cc(Cl)ccc2s1)C1(n2cccn2)CCNCC1. The molecule has 2 N–H and O–H groups in total. The first-order valence-corrected chi connectivity index (χ1v) is 9.41. The molecule has 0 spiro atoms. The first kappa shape index (κ1) is 16.5. The van der Waals surface area contributed by atoms with E-state index in [0.29, 0.717) is 11.6 Å². The van der Waals surface area contributed by atoms with E-state index >= 15 is 0 Å². The van der Waals surface area contributed by atoms with Crippen molar-refractivity contribution in [3.05, 3.63) is 46.7 Å². The third-order valence-electron chi connectivity index (χ3n) is 4.59. The largest absolute Gasteiger partial charge is 0.347 e. The number of aromatic nitrogens is 3. The predicted octanol–water partition coefficient (Wildman–Crippen LogP) is 2.54. The number of carbonyl (C=O) groups excluding carboxylic acids is 1. The molecule has 0 saturated carbocycles. The van der Waals surface area contributed by atoms with E-state index in [1.807, 2.05) is 30.5 Å².